The lowest BCUT2D eigenvalue weighted by Crippen LogP contribution is -2.14. The van der Waals surface area contributed by atoms with Gasteiger partial charge in [-0.2, -0.15) is 0 Å². The molecule has 0 aromatic carbocycles. The molecule has 1 fully saturated rings. The average molecular weight is 131 g/mol. The molecule has 1 aliphatic carbocycles. The highest BCUT2D eigenvalue weighted by atomic mass is 16.2. The molecule has 0 saturated heterocycles. The van der Waals surface area contributed by atoms with E-state index in [0.29, 0.717) is 18.6 Å². The minimum absolute atomic E-state index is 0.174. The molecule has 0 aliphatic heterocycles. The Balaban J connectivity index is 0.000000291. The summed E-state index contributed by atoms with van der Waals surface area (Å²) in [4.78, 5) is 10.4. The Hall–Kier alpha value is -0.410. The third-order valence-electron chi connectivity index (χ3n) is 1.28. The van der Waals surface area contributed by atoms with Crippen LogP contribution in [0.2, 0.25) is 0 Å². The van der Waals surface area contributed by atoms with E-state index in [1.54, 1.807) is 0 Å². The zero-order valence-corrected chi connectivity index (χ0v) is 5.63. The van der Waals surface area contributed by atoms with Gasteiger partial charge in [-0.1, -0.05) is 0 Å². The third-order valence-corrected chi connectivity index (χ3v) is 1.28. The van der Waals surface area contributed by atoms with Crippen molar-refractivity contribution in [1.82, 2.24) is 0 Å². The molecule has 3 N–H and O–H groups in total. The lowest BCUT2D eigenvalue weighted by Gasteiger charge is -1.91. The van der Waals surface area contributed by atoms with Gasteiger partial charge >= 0.3 is 0 Å². The van der Waals surface area contributed by atoms with Crippen LogP contribution in [0.1, 0.15) is 19.3 Å². The minimum Gasteiger partial charge on any atom is -0.400 e. The van der Waals surface area contributed by atoms with Crippen molar-refractivity contribution in [2.75, 3.05) is 7.11 Å². The fourth-order valence-corrected chi connectivity index (χ4v) is 0.843. The molecular weight excluding hydrogens is 118 g/mol. The van der Waals surface area contributed by atoms with E-state index in [-0.39, 0.29) is 6.04 Å². The highest BCUT2D eigenvalue weighted by molar-refractivity contribution is 5.81. The van der Waals surface area contributed by atoms with Crippen LogP contribution in [-0.2, 0) is 4.79 Å². The molecule has 9 heavy (non-hydrogen) atoms. The maximum atomic E-state index is 10.4. The number of hydrogen-bond acceptors (Lipinski definition) is 3. The zero-order chi connectivity index (χ0) is 7.28. The van der Waals surface area contributed by atoms with Crippen LogP contribution < -0.4 is 5.73 Å². The molecule has 3 nitrogen and oxygen atoms in total. The number of nitrogens with two attached hydrogens (primary N) is 1. The van der Waals surface area contributed by atoms with Crippen molar-refractivity contribution in [3.63, 3.8) is 0 Å². The van der Waals surface area contributed by atoms with Crippen LogP contribution in [0.15, 0.2) is 0 Å². The Morgan fingerprint density at radius 1 is 1.67 bits per heavy atom. The molecule has 1 saturated carbocycles. The lowest BCUT2D eigenvalue weighted by atomic mass is 10.3. The van der Waals surface area contributed by atoms with E-state index >= 15 is 0 Å². The number of carbonyl (C=O) groups is 1. The van der Waals surface area contributed by atoms with Gasteiger partial charge in [0.2, 0.25) is 0 Å². The van der Waals surface area contributed by atoms with Gasteiger partial charge in [-0.15, -0.1) is 0 Å². The van der Waals surface area contributed by atoms with Gasteiger partial charge in [0.25, 0.3) is 0 Å². The number of aliphatic hydroxyl groups is 1. The first-order valence-electron chi connectivity index (χ1n) is 3.01. The van der Waals surface area contributed by atoms with E-state index in [4.69, 9.17) is 10.8 Å². The van der Waals surface area contributed by atoms with Crippen LogP contribution in [-0.4, -0.2) is 24.0 Å². The third kappa shape index (κ3) is 3.21. The Kier molecular flexibility index (Phi) is 4.26. The summed E-state index contributed by atoms with van der Waals surface area (Å²) in [7, 11) is 1.00. The highest BCUT2D eigenvalue weighted by Gasteiger charge is 2.17. The van der Waals surface area contributed by atoms with E-state index < -0.39 is 0 Å². The van der Waals surface area contributed by atoms with Gasteiger partial charge in [0.1, 0.15) is 5.78 Å². The van der Waals surface area contributed by atoms with Crippen molar-refractivity contribution in [3.05, 3.63) is 0 Å². The van der Waals surface area contributed by atoms with Crippen LogP contribution >= 0.6 is 0 Å². The van der Waals surface area contributed by atoms with Gasteiger partial charge in [0, 0.05) is 26.0 Å². The molecule has 0 bridgehead atoms. The first-order chi connectivity index (χ1) is 4.29. The number of hydrogen-bond donors (Lipinski definition) is 2. The van der Waals surface area contributed by atoms with E-state index in [0.717, 1.165) is 13.5 Å². The molecule has 0 aromatic rings. The number of Topliss-reactive ketones (excluding diaryl/α,β-unsaturated/α-hetero) is 1. The van der Waals surface area contributed by atoms with E-state index in [9.17, 15) is 4.79 Å². The molecule has 1 atom stereocenters. The summed E-state index contributed by atoms with van der Waals surface area (Å²) in [5.41, 5.74) is 5.40. The predicted octanol–water partition coefficient (Wildman–Crippen LogP) is -0.325. The summed E-state index contributed by atoms with van der Waals surface area (Å²) < 4.78 is 0. The van der Waals surface area contributed by atoms with Crippen molar-refractivity contribution >= 4 is 5.78 Å². The van der Waals surface area contributed by atoms with Crippen molar-refractivity contribution in [2.24, 2.45) is 5.73 Å². The smallest absolute Gasteiger partial charge is 0.134 e. The topological polar surface area (TPSA) is 63.3 Å². The van der Waals surface area contributed by atoms with Crippen LogP contribution in [0.25, 0.3) is 0 Å². The van der Waals surface area contributed by atoms with E-state index in [1.807, 2.05) is 0 Å². The molecular formula is C6H13NO2. The van der Waals surface area contributed by atoms with Crippen molar-refractivity contribution < 1.29 is 9.90 Å². The molecule has 54 valence electrons. The molecule has 0 heterocycles. The summed E-state index contributed by atoms with van der Waals surface area (Å²) in [5.74, 6) is 0.326. The Bertz CT molecular complexity index is 93.1. The lowest BCUT2D eigenvalue weighted by molar-refractivity contribution is -0.117. The summed E-state index contributed by atoms with van der Waals surface area (Å²) >= 11 is 0. The average Bonchev–Trinajstić information content (AvgIpc) is 2.20. The summed E-state index contributed by atoms with van der Waals surface area (Å²) in [6, 6.07) is 0.174. The molecule has 0 aromatic heterocycles. The van der Waals surface area contributed by atoms with E-state index in [2.05, 4.69) is 0 Å². The molecule has 0 radical (unpaired) electrons. The van der Waals surface area contributed by atoms with Crippen molar-refractivity contribution in [1.29, 1.82) is 0 Å². The second-order valence-corrected chi connectivity index (χ2v) is 2.04. The van der Waals surface area contributed by atoms with Gasteiger partial charge in [0.15, 0.2) is 0 Å². The first kappa shape index (κ1) is 8.59. The second-order valence-electron chi connectivity index (χ2n) is 2.04. The fraction of sp³-hybridized carbons (Fsp3) is 0.833. The maximum absolute atomic E-state index is 10.4. The van der Waals surface area contributed by atoms with Crippen molar-refractivity contribution in [3.8, 4) is 0 Å². The normalized spacial score (nSPS) is 25.2. The molecule has 0 amide bonds. The summed E-state index contributed by atoms with van der Waals surface area (Å²) in [6.45, 7) is 0. The van der Waals surface area contributed by atoms with E-state index in [1.165, 1.54) is 0 Å². The van der Waals surface area contributed by atoms with Crippen LogP contribution in [0.5, 0.6) is 0 Å². The largest absolute Gasteiger partial charge is 0.400 e. The summed E-state index contributed by atoms with van der Waals surface area (Å²) in [5, 5.41) is 7.00. The molecule has 1 unspecified atom stereocenters. The van der Waals surface area contributed by atoms with Gasteiger partial charge in [-0.05, 0) is 6.42 Å². The quantitative estimate of drug-likeness (QED) is 0.473. The molecule has 3 heteroatoms. The standard InChI is InChI=1S/C5H9NO.CH4O/c6-4-1-2-5(7)3-4;1-2/h4H,1-3,6H2;2H,1H3. The van der Waals surface area contributed by atoms with Crippen molar-refractivity contribution in [2.45, 2.75) is 25.3 Å². The monoisotopic (exact) mass is 131 g/mol. The zero-order valence-electron chi connectivity index (χ0n) is 5.63. The van der Waals surface area contributed by atoms with Gasteiger partial charge in [-0.25, -0.2) is 0 Å². The Labute approximate surface area is 54.9 Å². The van der Waals surface area contributed by atoms with Crippen LogP contribution in [0, 0.1) is 0 Å². The second kappa shape index (κ2) is 4.47. The fourth-order valence-electron chi connectivity index (χ4n) is 0.843. The number of carbonyl (C=O) groups excluding carboxylic acids is 1. The SMILES string of the molecule is CO.NC1CCC(=O)C1. The van der Waals surface area contributed by atoms with Gasteiger partial charge < -0.3 is 10.8 Å². The van der Waals surface area contributed by atoms with Crippen LogP contribution in [0.4, 0.5) is 0 Å². The van der Waals surface area contributed by atoms with Gasteiger partial charge in [0.05, 0.1) is 0 Å². The number of ketones is 1. The van der Waals surface area contributed by atoms with Gasteiger partial charge in [-0.3, -0.25) is 4.79 Å². The predicted molar refractivity (Wildman–Crippen MR) is 35.0 cm³/mol. The molecule has 0 spiro atoms. The number of aliphatic hydroxyl groups excluding tert-OH is 1. The molecule has 1 aliphatic rings. The summed E-state index contributed by atoms with van der Waals surface area (Å²) in [6.07, 6.45) is 2.22. The minimum atomic E-state index is 0.174. The van der Waals surface area contributed by atoms with Crippen LogP contribution in [0.3, 0.4) is 0 Å². The Morgan fingerprint density at radius 2 is 2.22 bits per heavy atom. The first-order valence-corrected chi connectivity index (χ1v) is 3.01. The molecule has 1 rings (SSSR count). The highest BCUT2D eigenvalue weighted by Crippen LogP contribution is 2.10. The number of rotatable bonds is 0. The Morgan fingerprint density at radius 3 is 2.33 bits per heavy atom. The maximum Gasteiger partial charge on any atom is 0.134 e.